The molecule has 0 radical (unpaired) electrons. The van der Waals surface area contributed by atoms with Gasteiger partial charge in [0.2, 0.25) is 0 Å². The van der Waals surface area contributed by atoms with E-state index in [-0.39, 0.29) is 0 Å². The Morgan fingerprint density at radius 2 is 1.89 bits per heavy atom. The van der Waals surface area contributed by atoms with E-state index in [2.05, 4.69) is 11.8 Å². The standard InChI is InChI=1S/C15H23NO2/c1-2-17-15-8-10-16(11-9-15)12-13-18-14-6-4-3-5-7-14/h3-7,15H,2,8-13H2,1H3. The van der Waals surface area contributed by atoms with Crippen molar-refractivity contribution < 1.29 is 9.47 Å². The molecule has 0 spiro atoms. The molecule has 100 valence electrons. The predicted octanol–water partition coefficient (Wildman–Crippen LogP) is 2.57. The molecule has 1 saturated heterocycles. The van der Waals surface area contributed by atoms with Gasteiger partial charge in [-0.05, 0) is 31.9 Å². The first-order chi connectivity index (χ1) is 8.88. The Kier molecular flexibility index (Phi) is 5.49. The number of nitrogens with zero attached hydrogens (tertiary/aromatic N) is 1. The molecule has 0 N–H and O–H groups in total. The van der Waals surface area contributed by atoms with Gasteiger partial charge in [0.25, 0.3) is 0 Å². The van der Waals surface area contributed by atoms with E-state index in [1.54, 1.807) is 0 Å². The second kappa shape index (κ2) is 7.39. The van der Waals surface area contributed by atoms with Crippen LogP contribution in [0.3, 0.4) is 0 Å². The topological polar surface area (TPSA) is 21.7 Å². The first-order valence-corrected chi connectivity index (χ1v) is 6.90. The summed E-state index contributed by atoms with van der Waals surface area (Å²) in [5.41, 5.74) is 0. The lowest BCUT2D eigenvalue weighted by molar-refractivity contribution is 0.0119. The Morgan fingerprint density at radius 3 is 2.56 bits per heavy atom. The molecule has 0 amide bonds. The molecule has 1 aliphatic rings. The number of ether oxygens (including phenoxy) is 2. The molecule has 1 fully saturated rings. The van der Waals surface area contributed by atoms with Crippen LogP contribution in [0.5, 0.6) is 5.75 Å². The van der Waals surface area contributed by atoms with Crippen LogP contribution in [-0.4, -0.2) is 43.9 Å². The average molecular weight is 249 g/mol. The Hall–Kier alpha value is -1.06. The second-order valence-electron chi connectivity index (χ2n) is 4.66. The third-order valence-electron chi connectivity index (χ3n) is 3.36. The maximum atomic E-state index is 5.71. The number of hydrogen-bond donors (Lipinski definition) is 0. The number of piperidine rings is 1. The predicted molar refractivity (Wildman–Crippen MR) is 73.0 cm³/mol. The third kappa shape index (κ3) is 4.31. The van der Waals surface area contributed by atoms with Gasteiger partial charge in [-0.2, -0.15) is 0 Å². The van der Waals surface area contributed by atoms with E-state index >= 15 is 0 Å². The van der Waals surface area contributed by atoms with Gasteiger partial charge in [-0.25, -0.2) is 0 Å². The van der Waals surface area contributed by atoms with Gasteiger partial charge in [-0.15, -0.1) is 0 Å². The lowest BCUT2D eigenvalue weighted by Crippen LogP contribution is -2.39. The summed E-state index contributed by atoms with van der Waals surface area (Å²) in [5.74, 6) is 0.960. The minimum atomic E-state index is 0.473. The van der Waals surface area contributed by atoms with Crippen molar-refractivity contribution in [3.63, 3.8) is 0 Å². The molecule has 3 heteroatoms. The highest BCUT2D eigenvalue weighted by Crippen LogP contribution is 2.13. The molecule has 0 aliphatic carbocycles. The van der Waals surface area contributed by atoms with Crippen LogP contribution in [0.1, 0.15) is 19.8 Å². The summed E-state index contributed by atoms with van der Waals surface area (Å²) in [4.78, 5) is 2.46. The molecule has 1 aromatic carbocycles. The van der Waals surface area contributed by atoms with Crippen molar-refractivity contribution in [3.05, 3.63) is 30.3 Å². The first kappa shape index (κ1) is 13.4. The molecule has 1 aliphatic heterocycles. The highest BCUT2D eigenvalue weighted by molar-refractivity contribution is 5.20. The van der Waals surface area contributed by atoms with E-state index in [1.165, 1.54) is 0 Å². The highest BCUT2D eigenvalue weighted by atomic mass is 16.5. The molecule has 3 nitrogen and oxygen atoms in total. The molecule has 18 heavy (non-hydrogen) atoms. The van der Waals surface area contributed by atoms with Gasteiger partial charge in [0, 0.05) is 26.2 Å². The fourth-order valence-electron chi connectivity index (χ4n) is 2.34. The van der Waals surface area contributed by atoms with E-state index in [1.807, 2.05) is 30.3 Å². The van der Waals surface area contributed by atoms with Crippen molar-refractivity contribution in [1.82, 2.24) is 4.90 Å². The minimum Gasteiger partial charge on any atom is -0.492 e. The van der Waals surface area contributed by atoms with Crippen molar-refractivity contribution in [2.45, 2.75) is 25.9 Å². The summed E-state index contributed by atoms with van der Waals surface area (Å²) in [6, 6.07) is 10.0. The fraction of sp³-hybridized carbons (Fsp3) is 0.600. The zero-order chi connectivity index (χ0) is 12.6. The maximum absolute atomic E-state index is 5.71. The number of benzene rings is 1. The first-order valence-electron chi connectivity index (χ1n) is 6.90. The van der Waals surface area contributed by atoms with Gasteiger partial charge in [-0.1, -0.05) is 18.2 Å². The van der Waals surface area contributed by atoms with Gasteiger partial charge in [0.15, 0.2) is 0 Å². The van der Waals surface area contributed by atoms with Gasteiger partial charge in [-0.3, -0.25) is 4.90 Å². The van der Waals surface area contributed by atoms with Crippen LogP contribution >= 0.6 is 0 Å². The quantitative estimate of drug-likeness (QED) is 0.773. The summed E-state index contributed by atoms with van der Waals surface area (Å²) >= 11 is 0. The number of rotatable bonds is 6. The smallest absolute Gasteiger partial charge is 0.119 e. The molecule has 0 unspecified atom stereocenters. The van der Waals surface area contributed by atoms with Gasteiger partial charge in [0.05, 0.1) is 6.10 Å². The molecule has 0 aromatic heterocycles. The van der Waals surface area contributed by atoms with E-state index in [4.69, 9.17) is 9.47 Å². The normalized spacial score (nSPS) is 17.8. The lowest BCUT2D eigenvalue weighted by Gasteiger charge is -2.31. The van der Waals surface area contributed by atoms with Crippen molar-refractivity contribution in [1.29, 1.82) is 0 Å². The van der Waals surface area contributed by atoms with E-state index in [9.17, 15) is 0 Å². The Morgan fingerprint density at radius 1 is 1.17 bits per heavy atom. The van der Waals surface area contributed by atoms with Crippen molar-refractivity contribution >= 4 is 0 Å². The SMILES string of the molecule is CCOC1CCN(CCOc2ccccc2)CC1. The fourth-order valence-corrected chi connectivity index (χ4v) is 2.34. The summed E-state index contributed by atoms with van der Waals surface area (Å²) in [7, 11) is 0. The second-order valence-corrected chi connectivity index (χ2v) is 4.66. The van der Waals surface area contributed by atoms with Gasteiger partial charge >= 0.3 is 0 Å². The van der Waals surface area contributed by atoms with Gasteiger partial charge < -0.3 is 9.47 Å². The number of para-hydroxylation sites is 1. The lowest BCUT2D eigenvalue weighted by atomic mass is 10.1. The zero-order valence-corrected chi connectivity index (χ0v) is 11.2. The molecule has 0 bridgehead atoms. The third-order valence-corrected chi connectivity index (χ3v) is 3.36. The Balaban J connectivity index is 1.61. The Labute approximate surface area is 110 Å². The van der Waals surface area contributed by atoms with Crippen LogP contribution in [0, 0.1) is 0 Å². The number of likely N-dealkylation sites (tertiary alicyclic amines) is 1. The van der Waals surface area contributed by atoms with E-state index < -0.39 is 0 Å². The molecular weight excluding hydrogens is 226 g/mol. The minimum absolute atomic E-state index is 0.473. The van der Waals surface area contributed by atoms with Crippen LogP contribution in [0.25, 0.3) is 0 Å². The zero-order valence-electron chi connectivity index (χ0n) is 11.2. The summed E-state index contributed by atoms with van der Waals surface area (Å²) in [5, 5.41) is 0. The van der Waals surface area contributed by atoms with Crippen molar-refractivity contribution in [2.24, 2.45) is 0 Å². The highest BCUT2D eigenvalue weighted by Gasteiger charge is 2.18. The monoisotopic (exact) mass is 249 g/mol. The molecule has 1 aromatic rings. The summed E-state index contributed by atoms with van der Waals surface area (Å²) in [6.45, 7) is 6.94. The van der Waals surface area contributed by atoms with Crippen molar-refractivity contribution in [2.75, 3.05) is 32.8 Å². The van der Waals surface area contributed by atoms with E-state index in [0.717, 1.165) is 51.4 Å². The number of hydrogen-bond acceptors (Lipinski definition) is 3. The maximum Gasteiger partial charge on any atom is 0.119 e. The van der Waals surface area contributed by atoms with Crippen LogP contribution in [0.4, 0.5) is 0 Å². The molecule has 2 rings (SSSR count). The molecule has 1 heterocycles. The van der Waals surface area contributed by atoms with E-state index in [0.29, 0.717) is 6.10 Å². The summed E-state index contributed by atoms with van der Waals surface area (Å²) in [6.07, 6.45) is 2.78. The van der Waals surface area contributed by atoms with Crippen LogP contribution in [0.2, 0.25) is 0 Å². The Bertz CT molecular complexity index is 321. The van der Waals surface area contributed by atoms with Crippen molar-refractivity contribution in [3.8, 4) is 5.75 Å². The van der Waals surface area contributed by atoms with Crippen LogP contribution in [-0.2, 0) is 4.74 Å². The molecule has 0 saturated carbocycles. The van der Waals surface area contributed by atoms with Crippen LogP contribution < -0.4 is 4.74 Å². The average Bonchev–Trinajstić information content (AvgIpc) is 2.42. The van der Waals surface area contributed by atoms with Crippen LogP contribution in [0.15, 0.2) is 30.3 Å². The molecule has 0 atom stereocenters. The molecular formula is C15H23NO2. The summed E-state index contributed by atoms with van der Waals surface area (Å²) < 4.78 is 11.4. The largest absolute Gasteiger partial charge is 0.492 e. The van der Waals surface area contributed by atoms with Gasteiger partial charge in [0.1, 0.15) is 12.4 Å².